The van der Waals surface area contributed by atoms with E-state index in [4.69, 9.17) is 38.9 Å². The Kier molecular flexibility index (Phi) is 14.9. The van der Waals surface area contributed by atoms with Gasteiger partial charge >= 0.3 is 36.4 Å². The van der Waals surface area contributed by atoms with Gasteiger partial charge in [0.05, 0.1) is 18.8 Å². The molecule has 0 unspecified atom stereocenters. The van der Waals surface area contributed by atoms with Crippen molar-refractivity contribution in [2.24, 2.45) is 0 Å². The third kappa shape index (κ3) is 15.4. The van der Waals surface area contributed by atoms with Crippen LogP contribution in [0.1, 0.15) is 29.9 Å². The van der Waals surface area contributed by atoms with Gasteiger partial charge in [0, 0.05) is 45.1 Å². The number of aliphatic carboxylic acids is 3. The van der Waals surface area contributed by atoms with Gasteiger partial charge in [-0.15, -0.1) is 0 Å². The summed E-state index contributed by atoms with van der Waals surface area (Å²) in [4.78, 5) is 35.9. The van der Waals surface area contributed by atoms with Gasteiger partial charge in [0.1, 0.15) is 11.5 Å². The molecule has 0 radical (unpaired) electrons. The van der Waals surface area contributed by atoms with Crippen molar-refractivity contribution in [2.75, 3.05) is 32.8 Å². The highest BCUT2D eigenvalue weighted by Gasteiger charge is 2.41. The first-order valence-corrected chi connectivity index (χ1v) is 13.0. The Bertz CT molecular complexity index is 1190. The molecule has 0 saturated carbocycles. The molecule has 2 aromatic heterocycles. The second kappa shape index (κ2) is 17.1. The van der Waals surface area contributed by atoms with Gasteiger partial charge in [-0.1, -0.05) is 6.07 Å². The van der Waals surface area contributed by atoms with Gasteiger partial charge in [-0.25, -0.2) is 14.4 Å². The minimum Gasteiger partial charge on any atom is -0.475 e. The summed E-state index contributed by atoms with van der Waals surface area (Å²) in [5.74, 6) is -6.21. The SMILES string of the molecule is Cc1ccc(CN2CCC3(CC2)CN(Cc2cccnc2)CCO3)o1.O=C(O)C(F)(F)F.O=C(O)C(F)(F)F.O=C(O)C(F)(F)F. The second-order valence-electron chi connectivity index (χ2n) is 9.80. The molecule has 1 spiro atoms. The molecule has 0 bridgehead atoms. The average molecular weight is 684 g/mol. The van der Waals surface area contributed by atoms with Crippen LogP contribution in [0.4, 0.5) is 39.5 Å². The Morgan fingerprint density at radius 2 is 1.30 bits per heavy atom. The molecule has 0 aliphatic carbocycles. The number of likely N-dealkylation sites (tertiary alicyclic amines) is 1. The van der Waals surface area contributed by atoms with Crippen LogP contribution in [-0.4, -0.2) is 105 Å². The van der Waals surface area contributed by atoms with Crippen molar-refractivity contribution in [3.63, 3.8) is 0 Å². The zero-order valence-electron chi connectivity index (χ0n) is 24.0. The number of nitrogens with zero attached hydrogens (tertiary/aromatic N) is 3. The first-order chi connectivity index (χ1) is 21.0. The number of morpholine rings is 1. The number of hydrogen-bond acceptors (Lipinski definition) is 8. The van der Waals surface area contributed by atoms with Crippen molar-refractivity contribution in [2.45, 2.75) is 57.0 Å². The summed E-state index contributed by atoms with van der Waals surface area (Å²) in [6, 6.07) is 8.30. The van der Waals surface area contributed by atoms with Crippen LogP contribution in [0, 0.1) is 6.92 Å². The number of carboxylic acids is 3. The number of hydrogen-bond donors (Lipinski definition) is 3. The number of piperidine rings is 1. The standard InChI is InChI=1S/C20H27N3O2.3C2HF3O2/c1-17-4-5-19(25-17)15-22-9-6-20(7-10-22)16-23(11-12-24-20)14-18-3-2-8-21-13-18;3*3-2(4,5)1(6)7/h2-5,8,13H,6-7,9-12,14-16H2,1H3;3*(H,6,7). The van der Waals surface area contributed by atoms with E-state index in [1.54, 1.807) is 0 Å². The number of aromatic nitrogens is 1. The molecule has 4 heterocycles. The van der Waals surface area contributed by atoms with Crippen LogP contribution >= 0.6 is 0 Å². The van der Waals surface area contributed by atoms with E-state index >= 15 is 0 Å². The van der Waals surface area contributed by atoms with Crippen molar-refractivity contribution in [3.8, 4) is 0 Å². The number of pyridine rings is 1. The first kappa shape index (κ1) is 40.1. The van der Waals surface area contributed by atoms with Crippen LogP contribution in [0.3, 0.4) is 0 Å². The molecule has 2 aromatic rings. The average Bonchev–Trinajstić information content (AvgIpc) is 3.34. The van der Waals surface area contributed by atoms with Gasteiger partial charge in [0.15, 0.2) is 0 Å². The molecule has 3 N–H and O–H groups in total. The molecule has 11 nitrogen and oxygen atoms in total. The number of aryl methyl sites for hydroxylation is 1. The van der Waals surface area contributed by atoms with Crippen molar-refractivity contribution in [1.82, 2.24) is 14.8 Å². The monoisotopic (exact) mass is 683 g/mol. The molecule has 0 amide bonds. The van der Waals surface area contributed by atoms with Gasteiger partial charge in [0.25, 0.3) is 0 Å². The summed E-state index contributed by atoms with van der Waals surface area (Å²) in [5.41, 5.74) is 1.31. The van der Waals surface area contributed by atoms with Crippen LogP contribution in [0.2, 0.25) is 0 Å². The number of ether oxygens (including phenoxy) is 1. The van der Waals surface area contributed by atoms with E-state index in [2.05, 4.69) is 26.9 Å². The fourth-order valence-corrected chi connectivity index (χ4v) is 4.02. The lowest BCUT2D eigenvalue weighted by Crippen LogP contribution is -2.56. The van der Waals surface area contributed by atoms with E-state index in [1.165, 1.54) is 5.56 Å². The summed E-state index contributed by atoms with van der Waals surface area (Å²) < 4.78 is 107. The van der Waals surface area contributed by atoms with Gasteiger partial charge in [-0.05, 0) is 43.5 Å². The number of furan rings is 1. The molecule has 260 valence electrons. The maximum absolute atomic E-state index is 10.6. The topological polar surface area (TPSA) is 154 Å². The van der Waals surface area contributed by atoms with E-state index in [0.29, 0.717) is 0 Å². The largest absolute Gasteiger partial charge is 0.490 e. The van der Waals surface area contributed by atoms with E-state index in [1.807, 2.05) is 31.5 Å². The third-order valence-electron chi connectivity index (χ3n) is 6.13. The van der Waals surface area contributed by atoms with Gasteiger partial charge in [-0.2, -0.15) is 39.5 Å². The van der Waals surface area contributed by atoms with Crippen LogP contribution in [0.25, 0.3) is 0 Å². The summed E-state index contributed by atoms with van der Waals surface area (Å²) in [6.07, 6.45) is -9.26. The summed E-state index contributed by atoms with van der Waals surface area (Å²) in [5, 5.41) is 21.4. The highest BCUT2D eigenvalue weighted by molar-refractivity contribution is 5.73. The summed E-state index contributed by atoms with van der Waals surface area (Å²) in [6.45, 7) is 8.87. The van der Waals surface area contributed by atoms with Crippen molar-refractivity contribution >= 4 is 17.9 Å². The summed E-state index contributed by atoms with van der Waals surface area (Å²) >= 11 is 0. The van der Waals surface area contributed by atoms with Gasteiger partial charge in [0.2, 0.25) is 0 Å². The lowest BCUT2D eigenvalue weighted by Gasteiger charge is -2.47. The number of carbonyl (C=O) groups is 3. The Hall–Kier alpha value is -3.91. The van der Waals surface area contributed by atoms with Gasteiger partial charge in [-0.3, -0.25) is 14.8 Å². The molecule has 2 aliphatic heterocycles. The molecule has 2 aliphatic rings. The second-order valence-corrected chi connectivity index (χ2v) is 9.80. The zero-order chi connectivity index (χ0) is 35.3. The maximum atomic E-state index is 10.6. The normalized spacial score (nSPS) is 16.9. The highest BCUT2D eigenvalue weighted by atomic mass is 19.4. The number of rotatable bonds is 4. The highest BCUT2D eigenvalue weighted by Crippen LogP contribution is 2.31. The van der Waals surface area contributed by atoms with Crippen LogP contribution in [0.5, 0.6) is 0 Å². The number of alkyl halides is 9. The molecule has 2 saturated heterocycles. The molecule has 46 heavy (non-hydrogen) atoms. The Labute approximate surface area is 255 Å². The number of halogens is 9. The first-order valence-electron chi connectivity index (χ1n) is 13.0. The Morgan fingerprint density at radius 1 is 0.804 bits per heavy atom. The van der Waals surface area contributed by atoms with Crippen molar-refractivity contribution in [3.05, 3.63) is 53.7 Å². The molecular weight excluding hydrogens is 653 g/mol. The fraction of sp³-hybridized carbons (Fsp3) is 0.538. The van der Waals surface area contributed by atoms with E-state index < -0.39 is 36.4 Å². The maximum Gasteiger partial charge on any atom is 0.490 e. The molecule has 2 fully saturated rings. The quantitative estimate of drug-likeness (QED) is 0.383. The lowest BCUT2D eigenvalue weighted by molar-refractivity contribution is -0.193. The lowest BCUT2D eigenvalue weighted by atomic mass is 9.89. The third-order valence-corrected chi connectivity index (χ3v) is 6.13. The van der Waals surface area contributed by atoms with E-state index in [0.717, 1.165) is 70.2 Å². The summed E-state index contributed by atoms with van der Waals surface area (Å²) in [7, 11) is 0. The zero-order valence-corrected chi connectivity index (χ0v) is 24.0. The Morgan fingerprint density at radius 3 is 1.70 bits per heavy atom. The Balaban J connectivity index is 0.000000413. The van der Waals surface area contributed by atoms with Crippen molar-refractivity contribution < 1.29 is 78.4 Å². The predicted octanol–water partition coefficient (Wildman–Crippen LogP) is 4.75. The van der Waals surface area contributed by atoms with Crippen LogP contribution in [-0.2, 0) is 32.2 Å². The van der Waals surface area contributed by atoms with E-state index in [-0.39, 0.29) is 5.60 Å². The number of carboxylic acid groups (broad SMARTS) is 3. The molecule has 0 aromatic carbocycles. The van der Waals surface area contributed by atoms with E-state index in [9.17, 15) is 39.5 Å². The smallest absolute Gasteiger partial charge is 0.475 e. The minimum atomic E-state index is -5.08. The predicted molar refractivity (Wildman–Crippen MR) is 137 cm³/mol. The minimum absolute atomic E-state index is 0.0238. The molecule has 0 atom stereocenters. The van der Waals surface area contributed by atoms with Gasteiger partial charge < -0.3 is 24.5 Å². The molecular formula is C26H30F9N3O8. The molecule has 20 heteroatoms. The van der Waals surface area contributed by atoms with Crippen molar-refractivity contribution in [1.29, 1.82) is 0 Å². The molecule has 4 rings (SSSR count). The fourth-order valence-electron chi connectivity index (χ4n) is 4.02. The van der Waals surface area contributed by atoms with Crippen LogP contribution in [0.15, 0.2) is 41.1 Å². The van der Waals surface area contributed by atoms with Crippen LogP contribution < -0.4 is 0 Å².